The van der Waals surface area contributed by atoms with Gasteiger partial charge in [0.1, 0.15) is 5.78 Å². The van der Waals surface area contributed by atoms with Gasteiger partial charge in [0.25, 0.3) is 0 Å². The van der Waals surface area contributed by atoms with Crippen LogP contribution in [0, 0.1) is 5.92 Å². The van der Waals surface area contributed by atoms with Crippen molar-refractivity contribution in [1.29, 1.82) is 0 Å². The van der Waals surface area contributed by atoms with E-state index in [1.807, 2.05) is 12.1 Å². The molecule has 0 radical (unpaired) electrons. The summed E-state index contributed by atoms with van der Waals surface area (Å²) in [5, 5.41) is 0. The van der Waals surface area contributed by atoms with Crippen LogP contribution in [0.5, 0.6) is 0 Å². The standard InChI is InChI=1S/C14H14O4/c1-18-13(16)7-6-12(15)11-8-9-4-2-3-5-10(9)14(11)17/h2-5,11H,6-8H2,1H3. The van der Waals surface area contributed by atoms with Gasteiger partial charge in [-0.3, -0.25) is 14.4 Å². The first-order chi connectivity index (χ1) is 8.63. The molecule has 0 saturated heterocycles. The van der Waals surface area contributed by atoms with Gasteiger partial charge in [-0.1, -0.05) is 24.3 Å². The van der Waals surface area contributed by atoms with Crippen LogP contribution in [0.1, 0.15) is 28.8 Å². The van der Waals surface area contributed by atoms with E-state index in [1.165, 1.54) is 7.11 Å². The zero-order chi connectivity index (χ0) is 13.1. The molecule has 1 unspecified atom stereocenters. The molecule has 0 saturated carbocycles. The van der Waals surface area contributed by atoms with E-state index in [1.54, 1.807) is 12.1 Å². The van der Waals surface area contributed by atoms with E-state index in [9.17, 15) is 14.4 Å². The van der Waals surface area contributed by atoms with Crippen LogP contribution < -0.4 is 0 Å². The first-order valence-corrected chi connectivity index (χ1v) is 5.85. The molecule has 1 atom stereocenters. The smallest absolute Gasteiger partial charge is 0.305 e. The van der Waals surface area contributed by atoms with Gasteiger partial charge >= 0.3 is 5.97 Å². The van der Waals surface area contributed by atoms with E-state index in [-0.39, 0.29) is 24.4 Å². The summed E-state index contributed by atoms with van der Waals surface area (Å²) in [6, 6.07) is 7.25. The average Bonchev–Trinajstić information content (AvgIpc) is 2.73. The summed E-state index contributed by atoms with van der Waals surface area (Å²) >= 11 is 0. The number of methoxy groups -OCH3 is 1. The molecule has 1 aliphatic rings. The molecule has 0 heterocycles. The monoisotopic (exact) mass is 246 g/mol. The summed E-state index contributed by atoms with van der Waals surface area (Å²) in [6.07, 6.45) is 0.557. The Balaban J connectivity index is 2.03. The Morgan fingerprint density at radius 2 is 2.00 bits per heavy atom. The minimum atomic E-state index is -0.618. The maximum atomic E-state index is 12.0. The fourth-order valence-corrected chi connectivity index (χ4v) is 2.20. The molecule has 2 rings (SSSR count). The van der Waals surface area contributed by atoms with Crippen LogP contribution in [0.2, 0.25) is 0 Å². The number of carbonyl (C=O) groups is 3. The highest BCUT2D eigenvalue weighted by Crippen LogP contribution is 2.28. The lowest BCUT2D eigenvalue weighted by Gasteiger charge is -2.05. The van der Waals surface area contributed by atoms with Gasteiger partial charge in [0.05, 0.1) is 19.4 Å². The van der Waals surface area contributed by atoms with Crippen LogP contribution in [-0.4, -0.2) is 24.6 Å². The quantitative estimate of drug-likeness (QED) is 0.597. The Kier molecular flexibility index (Phi) is 3.55. The minimum Gasteiger partial charge on any atom is -0.469 e. The zero-order valence-corrected chi connectivity index (χ0v) is 10.1. The van der Waals surface area contributed by atoms with Crippen molar-refractivity contribution in [2.75, 3.05) is 7.11 Å². The van der Waals surface area contributed by atoms with E-state index < -0.39 is 11.9 Å². The molecule has 0 aromatic heterocycles. The number of hydrogen-bond donors (Lipinski definition) is 0. The molecule has 4 heteroatoms. The SMILES string of the molecule is COC(=O)CCC(=O)C1Cc2ccccc2C1=O. The normalized spacial score (nSPS) is 17.4. The van der Waals surface area contributed by atoms with Gasteiger partial charge in [-0.05, 0) is 12.0 Å². The third kappa shape index (κ3) is 2.32. The Hall–Kier alpha value is -1.97. The first kappa shape index (κ1) is 12.5. The highest BCUT2D eigenvalue weighted by atomic mass is 16.5. The van der Waals surface area contributed by atoms with Crippen molar-refractivity contribution < 1.29 is 19.1 Å². The van der Waals surface area contributed by atoms with Crippen molar-refractivity contribution in [3.05, 3.63) is 35.4 Å². The van der Waals surface area contributed by atoms with Crippen LogP contribution in [0.15, 0.2) is 24.3 Å². The van der Waals surface area contributed by atoms with Gasteiger partial charge in [0.2, 0.25) is 0 Å². The second-order valence-corrected chi connectivity index (χ2v) is 4.32. The summed E-state index contributed by atoms with van der Waals surface area (Å²) in [4.78, 5) is 34.9. The van der Waals surface area contributed by atoms with Crippen LogP contribution >= 0.6 is 0 Å². The molecule has 0 aliphatic heterocycles. The first-order valence-electron chi connectivity index (χ1n) is 5.85. The number of Topliss-reactive ketones (excluding diaryl/α,β-unsaturated/α-hetero) is 2. The number of benzene rings is 1. The molecular weight excluding hydrogens is 232 g/mol. The second-order valence-electron chi connectivity index (χ2n) is 4.32. The molecule has 18 heavy (non-hydrogen) atoms. The number of hydrogen-bond acceptors (Lipinski definition) is 4. The van der Waals surface area contributed by atoms with Crippen molar-refractivity contribution in [3.63, 3.8) is 0 Å². The van der Waals surface area contributed by atoms with Crippen LogP contribution in [0.4, 0.5) is 0 Å². The van der Waals surface area contributed by atoms with Gasteiger partial charge in [0.15, 0.2) is 5.78 Å². The fourth-order valence-electron chi connectivity index (χ4n) is 2.20. The van der Waals surface area contributed by atoms with Crippen molar-refractivity contribution in [1.82, 2.24) is 0 Å². The van der Waals surface area contributed by atoms with Crippen LogP contribution in [-0.2, 0) is 20.7 Å². The number of ketones is 2. The molecule has 1 aromatic rings. The van der Waals surface area contributed by atoms with Crippen molar-refractivity contribution in [2.24, 2.45) is 5.92 Å². The topological polar surface area (TPSA) is 60.4 Å². The largest absolute Gasteiger partial charge is 0.469 e. The Bertz CT molecular complexity index is 504. The van der Waals surface area contributed by atoms with E-state index in [4.69, 9.17) is 0 Å². The highest BCUT2D eigenvalue weighted by Gasteiger charge is 2.34. The number of carbonyl (C=O) groups excluding carboxylic acids is 3. The number of ether oxygens (including phenoxy) is 1. The van der Waals surface area contributed by atoms with Gasteiger partial charge in [-0.2, -0.15) is 0 Å². The molecular formula is C14H14O4. The molecule has 1 aliphatic carbocycles. The third-order valence-electron chi connectivity index (χ3n) is 3.22. The fraction of sp³-hybridized carbons (Fsp3) is 0.357. The summed E-state index contributed by atoms with van der Waals surface area (Å²) in [6.45, 7) is 0. The van der Waals surface area contributed by atoms with E-state index >= 15 is 0 Å². The van der Waals surface area contributed by atoms with Gasteiger partial charge in [-0.25, -0.2) is 0 Å². The summed E-state index contributed by atoms with van der Waals surface area (Å²) < 4.78 is 4.48. The Morgan fingerprint density at radius 1 is 1.28 bits per heavy atom. The molecule has 0 fully saturated rings. The number of fused-ring (bicyclic) bond motifs is 1. The van der Waals surface area contributed by atoms with E-state index in [2.05, 4.69) is 4.74 Å². The average molecular weight is 246 g/mol. The third-order valence-corrected chi connectivity index (χ3v) is 3.22. The lowest BCUT2D eigenvalue weighted by atomic mass is 9.96. The van der Waals surface area contributed by atoms with E-state index in [0.29, 0.717) is 12.0 Å². The summed E-state index contributed by atoms with van der Waals surface area (Å²) in [7, 11) is 1.28. The van der Waals surface area contributed by atoms with Crippen molar-refractivity contribution in [2.45, 2.75) is 19.3 Å². The molecule has 0 bridgehead atoms. The summed E-state index contributed by atoms with van der Waals surface area (Å²) in [5.74, 6) is -1.35. The summed E-state index contributed by atoms with van der Waals surface area (Å²) in [5.41, 5.74) is 1.55. The predicted octanol–water partition coefficient (Wildman–Crippen LogP) is 1.56. The lowest BCUT2D eigenvalue weighted by Crippen LogP contribution is -2.21. The number of rotatable bonds is 4. The Labute approximate surface area is 105 Å². The molecule has 0 spiro atoms. The van der Waals surface area contributed by atoms with Gasteiger partial charge in [-0.15, -0.1) is 0 Å². The number of esters is 1. The molecule has 1 aromatic carbocycles. The van der Waals surface area contributed by atoms with Gasteiger partial charge in [0, 0.05) is 12.0 Å². The maximum absolute atomic E-state index is 12.0. The molecule has 4 nitrogen and oxygen atoms in total. The molecule has 94 valence electrons. The molecule has 0 amide bonds. The molecule has 0 N–H and O–H groups in total. The van der Waals surface area contributed by atoms with Crippen molar-refractivity contribution in [3.8, 4) is 0 Å². The predicted molar refractivity (Wildman–Crippen MR) is 64.2 cm³/mol. The maximum Gasteiger partial charge on any atom is 0.305 e. The van der Waals surface area contributed by atoms with E-state index in [0.717, 1.165) is 5.56 Å². The Morgan fingerprint density at radius 3 is 2.67 bits per heavy atom. The second kappa shape index (κ2) is 5.12. The highest BCUT2D eigenvalue weighted by molar-refractivity contribution is 6.14. The van der Waals surface area contributed by atoms with Crippen LogP contribution in [0.25, 0.3) is 0 Å². The lowest BCUT2D eigenvalue weighted by molar-refractivity contribution is -0.142. The van der Waals surface area contributed by atoms with Crippen LogP contribution in [0.3, 0.4) is 0 Å². The van der Waals surface area contributed by atoms with Gasteiger partial charge < -0.3 is 4.74 Å². The zero-order valence-electron chi connectivity index (χ0n) is 10.1. The minimum absolute atomic E-state index is 0.0372. The van der Waals surface area contributed by atoms with Crippen molar-refractivity contribution >= 4 is 17.5 Å².